The molecule has 6 heteroatoms. The molecule has 17 heavy (non-hydrogen) atoms. The zero-order chi connectivity index (χ0) is 12.7. The van der Waals surface area contributed by atoms with E-state index in [2.05, 4.69) is 4.74 Å². The molecule has 0 radical (unpaired) electrons. The molecule has 0 aliphatic rings. The summed E-state index contributed by atoms with van der Waals surface area (Å²) in [6.45, 7) is -1.18. The van der Waals surface area contributed by atoms with Crippen LogP contribution in [-0.2, 0) is 11.2 Å². The molecule has 1 aromatic rings. The first kappa shape index (κ1) is 13.8. The average Bonchev–Trinajstić information content (AvgIpc) is 2.26. The normalized spacial score (nSPS) is 11.5. The third-order valence-electron chi connectivity index (χ3n) is 1.93. The lowest BCUT2D eigenvalue weighted by atomic mass is 10.1. The van der Waals surface area contributed by atoms with Gasteiger partial charge in [-0.2, -0.15) is 13.2 Å². The Morgan fingerprint density at radius 2 is 1.76 bits per heavy atom. The fourth-order valence-corrected chi connectivity index (χ4v) is 1.19. The maximum atomic E-state index is 11.7. The molecule has 0 amide bonds. The van der Waals surface area contributed by atoms with E-state index in [1.54, 1.807) is 12.1 Å². The molecule has 0 saturated heterocycles. The number of halogens is 3. The quantitative estimate of drug-likeness (QED) is 0.620. The average molecular weight is 249 g/mol. The predicted octanol–water partition coefficient (Wildman–Crippen LogP) is 2.10. The highest BCUT2D eigenvalue weighted by atomic mass is 19.4. The monoisotopic (exact) mass is 249 g/mol. The van der Waals surface area contributed by atoms with E-state index in [1.165, 1.54) is 0 Å². The van der Waals surface area contributed by atoms with Crippen LogP contribution in [0.2, 0.25) is 0 Å². The summed E-state index contributed by atoms with van der Waals surface area (Å²) in [5.74, 6) is 0.466. The molecular weight excluding hydrogens is 235 g/mol. The molecule has 3 nitrogen and oxygen atoms in total. The van der Waals surface area contributed by atoms with Gasteiger partial charge in [0, 0.05) is 0 Å². The fraction of sp³-hybridized carbons (Fsp3) is 0.455. The van der Waals surface area contributed by atoms with Crippen molar-refractivity contribution in [2.75, 3.05) is 19.9 Å². The zero-order valence-corrected chi connectivity index (χ0v) is 9.17. The Bertz CT molecular complexity index is 324. The van der Waals surface area contributed by atoms with E-state index in [9.17, 15) is 13.2 Å². The highest BCUT2D eigenvalue weighted by molar-refractivity contribution is 5.27. The number of nitrogens with two attached hydrogens (primary N) is 1. The third-order valence-corrected chi connectivity index (χ3v) is 1.93. The van der Waals surface area contributed by atoms with Crippen LogP contribution in [0.4, 0.5) is 13.2 Å². The molecule has 96 valence electrons. The molecule has 0 saturated carbocycles. The maximum Gasteiger partial charge on any atom is 0.411 e. The van der Waals surface area contributed by atoms with Crippen LogP contribution in [0.5, 0.6) is 5.75 Å². The Kier molecular flexibility index (Phi) is 5.24. The van der Waals surface area contributed by atoms with Gasteiger partial charge >= 0.3 is 6.18 Å². The summed E-state index contributed by atoms with van der Waals surface area (Å²) in [5, 5.41) is 0. The maximum absolute atomic E-state index is 11.7. The summed E-state index contributed by atoms with van der Waals surface area (Å²) >= 11 is 0. The standard InChI is InChI=1S/C11H14F3NO2/c12-11(13,14)7-16-8-17-10-3-1-9(2-4-10)5-6-15/h1-4H,5-8,15H2. The lowest BCUT2D eigenvalue weighted by molar-refractivity contribution is -0.186. The van der Waals surface area contributed by atoms with Gasteiger partial charge in [-0.25, -0.2) is 0 Å². The van der Waals surface area contributed by atoms with Gasteiger partial charge in [0.25, 0.3) is 0 Å². The van der Waals surface area contributed by atoms with Crippen molar-refractivity contribution in [3.05, 3.63) is 29.8 Å². The highest BCUT2D eigenvalue weighted by Crippen LogP contribution is 2.15. The molecule has 0 atom stereocenters. The number of hydrogen-bond donors (Lipinski definition) is 1. The van der Waals surface area contributed by atoms with Crippen molar-refractivity contribution in [3.63, 3.8) is 0 Å². The second-order valence-electron chi connectivity index (χ2n) is 3.41. The van der Waals surface area contributed by atoms with Gasteiger partial charge in [-0.3, -0.25) is 0 Å². The van der Waals surface area contributed by atoms with E-state index >= 15 is 0 Å². The van der Waals surface area contributed by atoms with Crippen LogP contribution in [-0.4, -0.2) is 26.1 Å². The van der Waals surface area contributed by atoms with Crippen LogP contribution >= 0.6 is 0 Å². The molecule has 1 aromatic carbocycles. The molecule has 0 bridgehead atoms. The smallest absolute Gasteiger partial charge is 0.411 e. The van der Waals surface area contributed by atoms with Gasteiger partial charge in [0.15, 0.2) is 6.79 Å². The van der Waals surface area contributed by atoms with Crippen molar-refractivity contribution in [1.82, 2.24) is 0 Å². The molecular formula is C11H14F3NO2. The molecule has 0 fully saturated rings. The van der Waals surface area contributed by atoms with Crippen molar-refractivity contribution in [1.29, 1.82) is 0 Å². The molecule has 0 aliphatic carbocycles. The summed E-state index contributed by atoms with van der Waals surface area (Å²) in [6.07, 6.45) is -3.57. The minimum Gasteiger partial charge on any atom is -0.468 e. The van der Waals surface area contributed by atoms with E-state index in [0.717, 1.165) is 12.0 Å². The fourth-order valence-electron chi connectivity index (χ4n) is 1.19. The van der Waals surface area contributed by atoms with Gasteiger partial charge in [-0.15, -0.1) is 0 Å². The first-order valence-corrected chi connectivity index (χ1v) is 5.07. The van der Waals surface area contributed by atoms with Crippen molar-refractivity contribution in [2.45, 2.75) is 12.6 Å². The molecule has 0 aromatic heterocycles. The summed E-state index contributed by atoms with van der Waals surface area (Å²) < 4.78 is 44.5. The molecule has 0 unspecified atom stereocenters. The minimum absolute atomic E-state index is 0.421. The number of ether oxygens (including phenoxy) is 2. The molecule has 0 spiro atoms. The van der Waals surface area contributed by atoms with Crippen LogP contribution in [0.25, 0.3) is 0 Å². The Balaban J connectivity index is 2.27. The first-order chi connectivity index (χ1) is 8.01. The summed E-state index contributed by atoms with van der Waals surface area (Å²) in [7, 11) is 0. The van der Waals surface area contributed by atoms with Gasteiger partial charge in [0.1, 0.15) is 12.4 Å². The van der Waals surface area contributed by atoms with E-state index in [4.69, 9.17) is 10.5 Å². The number of rotatable bonds is 6. The van der Waals surface area contributed by atoms with Gasteiger partial charge < -0.3 is 15.2 Å². The highest BCUT2D eigenvalue weighted by Gasteiger charge is 2.27. The van der Waals surface area contributed by atoms with E-state index in [0.29, 0.717) is 12.3 Å². The van der Waals surface area contributed by atoms with Crippen molar-refractivity contribution in [3.8, 4) is 5.75 Å². The van der Waals surface area contributed by atoms with Crippen molar-refractivity contribution in [2.24, 2.45) is 5.73 Å². The zero-order valence-electron chi connectivity index (χ0n) is 9.17. The topological polar surface area (TPSA) is 44.5 Å². The lowest BCUT2D eigenvalue weighted by Crippen LogP contribution is -2.19. The Labute approximate surface area is 97.3 Å². The summed E-state index contributed by atoms with van der Waals surface area (Å²) in [4.78, 5) is 0. The van der Waals surface area contributed by atoms with Crippen LogP contribution in [0.1, 0.15) is 5.56 Å². The van der Waals surface area contributed by atoms with Gasteiger partial charge in [0.05, 0.1) is 0 Å². The van der Waals surface area contributed by atoms with Crippen molar-refractivity contribution < 1.29 is 22.6 Å². The summed E-state index contributed by atoms with van der Waals surface area (Å²) in [5.41, 5.74) is 6.43. The molecule has 2 N–H and O–H groups in total. The van der Waals surface area contributed by atoms with Crippen LogP contribution in [0.15, 0.2) is 24.3 Å². The van der Waals surface area contributed by atoms with Crippen LogP contribution < -0.4 is 10.5 Å². The predicted molar refractivity (Wildman–Crippen MR) is 56.7 cm³/mol. The number of alkyl halides is 3. The molecule has 0 heterocycles. The SMILES string of the molecule is NCCc1ccc(OCOCC(F)(F)F)cc1. The second kappa shape index (κ2) is 6.46. The van der Waals surface area contributed by atoms with Gasteiger partial charge in [0.2, 0.25) is 0 Å². The Morgan fingerprint density at radius 3 is 2.29 bits per heavy atom. The molecule has 1 rings (SSSR count). The van der Waals surface area contributed by atoms with Gasteiger partial charge in [-0.1, -0.05) is 12.1 Å². The minimum atomic E-state index is -4.33. The Morgan fingerprint density at radius 1 is 1.12 bits per heavy atom. The lowest BCUT2D eigenvalue weighted by Gasteiger charge is -2.09. The second-order valence-corrected chi connectivity index (χ2v) is 3.41. The first-order valence-electron chi connectivity index (χ1n) is 5.07. The van der Waals surface area contributed by atoms with Crippen LogP contribution in [0, 0.1) is 0 Å². The van der Waals surface area contributed by atoms with Gasteiger partial charge in [-0.05, 0) is 30.7 Å². The molecule has 0 aliphatic heterocycles. The summed E-state index contributed by atoms with van der Waals surface area (Å²) in [6, 6.07) is 6.96. The number of benzene rings is 1. The van der Waals surface area contributed by atoms with E-state index in [-0.39, 0.29) is 0 Å². The van der Waals surface area contributed by atoms with Crippen molar-refractivity contribution >= 4 is 0 Å². The Hall–Kier alpha value is -1.27. The van der Waals surface area contributed by atoms with Crippen LogP contribution in [0.3, 0.4) is 0 Å². The van der Waals surface area contributed by atoms with E-state index < -0.39 is 19.6 Å². The van der Waals surface area contributed by atoms with E-state index in [1.807, 2.05) is 12.1 Å². The third kappa shape index (κ3) is 6.13. The largest absolute Gasteiger partial charge is 0.468 e. The number of hydrogen-bond acceptors (Lipinski definition) is 3.